The van der Waals surface area contributed by atoms with Crippen molar-refractivity contribution in [2.45, 2.75) is 24.8 Å². The van der Waals surface area contributed by atoms with E-state index in [9.17, 15) is 4.79 Å². The molecule has 0 saturated carbocycles. The number of alkyl carbamates (subject to hydrolysis) is 1. The van der Waals surface area contributed by atoms with Gasteiger partial charge in [-0.05, 0) is 36.1 Å². The lowest BCUT2D eigenvalue weighted by atomic mass is 10.2. The number of carbonyl (C=O) groups excluding carboxylic acids is 1. The van der Waals surface area contributed by atoms with Crippen LogP contribution < -0.4 is 24.2 Å². The maximum Gasteiger partial charge on any atom is 0.407 e. The average Bonchev–Trinajstić information content (AvgIpc) is 3.51. The van der Waals surface area contributed by atoms with Crippen molar-refractivity contribution < 1.29 is 28.3 Å². The summed E-state index contributed by atoms with van der Waals surface area (Å²) < 4.78 is 30.3. The number of hydrogen-bond donors (Lipinski definition) is 2. The van der Waals surface area contributed by atoms with E-state index in [0.717, 1.165) is 21.9 Å². The Morgan fingerprint density at radius 1 is 1.14 bits per heavy atom. The number of ether oxygens (including phenoxy) is 4. The Balaban J connectivity index is 1.51. The van der Waals surface area contributed by atoms with E-state index >= 15 is 0 Å². The molecule has 0 aliphatic rings. The molecule has 0 bridgehead atoms. The molecule has 2 aromatic carbocycles. The number of amides is 1. The summed E-state index contributed by atoms with van der Waals surface area (Å²) in [6, 6.07) is 9.52. The van der Waals surface area contributed by atoms with Gasteiger partial charge in [0.25, 0.3) is 5.19 Å². The van der Waals surface area contributed by atoms with E-state index in [2.05, 4.69) is 37.9 Å². The Kier molecular flexibility index (Phi) is 7.83. The third-order valence-electron chi connectivity index (χ3n) is 4.96. The molecule has 0 aliphatic carbocycles. The Bertz CT molecular complexity index is 1320. The van der Waals surface area contributed by atoms with Gasteiger partial charge in [0.05, 0.1) is 32.8 Å². The van der Waals surface area contributed by atoms with Gasteiger partial charge >= 0.3 is 6.09 Å². The molecule has 12 heteroatoms. The number of carbonyl (C=O) groups is 1. The highest BCUT2D eigenvalue weighted by molar-refractivity contribution is 8.00. The van der Waals surface area contributed by atoms with Gasteiger partial charge in [0.1, 0.15) is 22.6 Å². The van der Waals surface area contributed by atoms with Crippen molar-refractivity contribution in [3.8, 4) is 22.4 Å². The molecule has 4 rings (SSSR count). The number of benzene rings is 2. The number of anilines is 1. The summed E-state index contributed by atoms with van der Waals surface area (Å²) in [6.45, 7) is 2.39. The molecule has 0 fully saturated rings. The fourth-order valence-electron chi connectivity index (χ4n) is 3.18. The fourth-order valence-corrected chi connectivity index (χ4v) is 4.70. The third kappa shape index (κ3) is 5.72. The van der Waals surface area contributed by atoms with Crippen LogP contribution in [0.25, 0.3) is 11.0 Å². The minimum absolute atomic E-state index is 0.288. The van der Waals surface area contributed by atoms with Gasteiger partial charge in [0.15, 0.2) is 11.4 Å². The van der Waals surface area contributed by atoms with Crippen LogP contribution in [-0.4, -0.2) is 37.6 Å². The fraction of sp³-hybridized carbons (Fsp3) is 0.261. The molecule has 2 aromatic heterocycles. The standard InChI is InChI=1S/C23H24N4O6S2/c1-5-13-6-7-16(29-2)19(8-13)35-27-21-20-17(30-3)9-14(10-18(20)33-26-21)32-23-25-12-15(34-23)11-24-22(28)31-4/h6-10,12H,5,11H2,1-4H3,(H,24,28)(H,26,27). The van der Waals surface area contributed by atoms with Gasteiger partial charge in [-0.25, -0.2) is 9.78 Å². The van der Waals surface area contributed by atoms with Crippen molar-refractivity contribution in [3.63, 3.8) is 0 Å². The monoisotopic (exact) mass is 516 g/mol. The summed E-state index contributed by atoms with van der Waals surface area (Å²) in [6.07, 6.45) is 2.03. The number of hydrogen-bond acceptors (Lipinski definition) is 11. The van der Waals surface area contributed by atoms with E-state index in [0.29, 0.717) is 33.5 Å². The largest absolute Gasteiger partial charge is 0.496 e. The Morgan fingerprint density at radius 3 is 2.71 bits per heavy atom. The third-order valence-corrected chi connectivity index (χ3v) is 6.66. The highest BCUT2D eigenvalue weighted by Gasteiger charge is 2.18. The van der Waals surface area contributed by atoms with Crippen LogP contribution >= 0.6 is 23.3 Å². The Morgan fingerprint density at radius 2 is 1.97 bits per heavy atom. The van der Waals surface area contributed by atoms with Crippen LogP contribution in [0, 0.1) is 0 Å². The van der Waals surface area contributed by atoms with Crippen molar-refractivity contribution in [3.05, 3.63) is 47.0 Å². The summed E-state index contributed by atoms with van der Waals surface area (Å²) in [7, 11) is 4.52. The number of nitrogens with zero attached hydrogens (tertiary/aromatic N) is 2. The normalized spacial score (nSPS) is 10.7. The van der Waals surface area contributed by atoms with E-state index in [1.165, 1.54) is 36.0 Å². The molecule has 35 heavy (non-hydrogen) atoms. The second-order valence-electron chi connectivity index (χ2n) is 7.11. The Hall–Kier alpha value is -3.64. The van der Waals surface area contributed by atoms with Gasteiger partial charge in [0.2, 0.25) is 0 Å². The lowest BCUT2D eigenvalue weighted by Crippen LogP contribution is -2.21. The van der Waals surface area contributed by atoms with Crippen molar-refractivity contribution >= 4 is 46.2 Å². The zero-order valence-corrected chi connectivity index (χ0v) is 21.2. The van der Waals surface area contributed by atoms with Crippen molar-refractivity contribution in [2.24, 2.45) is 0 Å². The highest BCUT2D eigenvalue weighted by atomic mass is 32.2. The lowest BCUT2D eigenvalue weighted by Gasteiger charge is -2.10. The second kappa shape index (κ2) is 11.2. The van der Waals surface area contributed by atoms with Gasteiger partial charge in [-0.3, -0.25) is 0 Å². The van der Waals surface area contributed by atoms with Crippen LogP contribution in [0.2, 0.25) is 0 Å². The van der Waals surface area contributed by atoms with Gasteiger partial charge in [-0.15, -0.1) is 0 Å². The number of aromatic nitrogens is 2. The quantitative estimate of drug-likeness (QED) is 0.257. The molecule has 0 saturated heterocycles. The Labute approximate surface area is 210 Å². The zero-order valence-electron chi connectivity index (χ0n) is 19.5. The summed E-state index contributed by atoms with van der Waals surface area (Å²) in [4.78, 5) is 17.2. The van der Waals surface area contributed by atoms with Crippen molar-refractivity contribution in [2.75, 3.05) is 26.1 Å². The van der Waals surface area contributed by atoms with E-state index in [-0.39, 0.29) is 6.54 Å². The first-order valence-corrected chi connectivity index (χ1v) is 12.2. The molecule has 0 spiro atoms. The number of methoxy groups -OCH3 is 3. The van der Waals surface area contributed by atoms with Crippen LogP contribution in [0.3, 0.4) is 0 Å². The first kappa shape index (κ1) is 24.5. The van der Waals surface area contributed by atoms with Crippen LogP contribution in [0.5, 0.6) is 22.4 Å². The number of nitrogens with one attached hydrogen (secondary N) is 2. The van der Waals surface area contributed by atoms with Gasteiger partial charge < -0.3 is 33.5 Å². The molecule has 0 atom stereocenters. The van der Waals surface area contributed by atoms with Crippen molar-refractivity contribution in [1.82, 2.24) is 15.5 Å². The van der Waals surface area contributed by atoms with E-state index < -0.39 is 6.09 Å². The molecule has 2 N–H and O–H groups in total. The SMILES string of the molecule is CCc1ccc(OC)c(SNc2noc3cc(Oc4ncc(CNC(=O)OC)s4)cc(OC)c23)c1. The number of rotatable bonds is 10. The maximum atomic E-state index is 11.2. The van der Waals surface area contributed by atoms with E-state index in [1.54, 1.807) is 32.5 Å². The summed E-state index contributed by atoms with van der Waals surface area (Å²) >= 11 is 2.68. The predicted octanol–water partition coefficient (Wildman–Crippen LogP) is 5.63. The van der Waals surface area contributed by atoms with E-state index in [4.69, 9.17) is 18.7 Å². The average molecular weight is 517 g/mol. The minimum atomic E-state index is -0.513. The van der Waals surface area contributed by atoms with E-state index in [1.807, 2.05) is 12.1 Å². The summed E-state index contributed by atoms with van der Waals surface area (Å²) in [5.41, 5.74) is 1.69. The van der Waals surface area contributed by atoms with Gasteiger partial charge in [-0.1, -0.05) is 29.5 Å². The highest BCUT2D eigenvalue weighted by Crippen LogP contribution is 2.40. The second-order valence-corrected chi connectivity index (χ2v) is 9.04. The molecule has 1 amide bonds. The molecular formula is C23H24N4O6S2. The zero-order chi connectivity index (χ0) is 24.8. The lowest BCUT2D eigenvalue weighted by molar-refractivity contribution is 0.170. The number of aryl methyl sites for hydroxylation is 1. The van der Waals surface area contributed by atoms with Gasteiger partial charge in [0, 0.05) is 23.2 Å². The minimum Gasteiger partial charge on any atom is -0.496 e. The molecule has 184 valence electrons. The molecule has 0 aliphatic heterocycles. The predicted molar refractivity (Wildman–Crippen MR) is 134 cm³/mol. The maximum absolute atomic E-state index is 11.2. The molecule has 10 nitrogen and oxygen atoms in total. The molecule has 0 radical (unpaired) electrons. The summed E-state index contributed by atoms with van der Waals surface area (Å²) in [5.74, 6) is 2.28. The molecular weight excluding hydrogens is 492 g/mol. The first-order chi connectivity index (χ1) is 17.0. The van der Waals surface area contributed by atoms with Crippen LogP contribution in [0.15, 0.2) is 45.9 Å². The first-order valence-electron chi connectivity index (χ1n) is 10.6. The molecule has 0 unspecified atom stereocenters. The molecule has 4 aromatic rings. The molecule has 2 heterocycles. The van der Waals surface area contributed by atoms with Crippen LogP contribution in [0.4, 0.5) is 10.6 Å². The number of fused-ring (bicyclic) bond motifs is 1. The number of thiazole rings is 1. The van der Waals surface area contributed by atoms with Crippen LogP contribution in [0.1, 0.15) is 17.4 Å². The summed E-state index contributed by atoms with van der Waals surface area (Å²) in [5, 5.41) is 7.86. The van der Waals surface area contributed by atoms with Crippen molar-refractivity contribution in [1.29, 1.82) is 0 Å². The van der Waals surface area contributed by atoms with Crippen LogP contribution in [-0.2, 0) is 17.7 Å². The topological polar surface area (TPSA) is 117 Å². The smallest absolute Gasteiger partial charge is 0.407 e. The van der Waals surface area contributed by atoms with Gasteiger partial charge in [-0.2, -0.15) is 0 Å².